The summed E-state index contributed by atoms with van der Waals surface area (Å²) in [5.41, 5.74) is 3.91. The Morgan fingerprint density at radius 1 is 1.14 bits per heavy atom. The van der Waals surface area contributed by atoms with Gasteiger partial charge in [0.25, 0.3) is 0 Å². The summed E-state index contributed by atoms with van der Waals surface area (Å²) in [5.74, 6) is 0.813. The highest BCUT2D eigenvalue weighted by molar-refractivity contribution is 5.88. The number of aromatic amines is 1. The van der Waals surface area contributed by atoms with Crippen molar-refractivity contribution in [2.24, 2.45) is 7.05 Å². The van der Waals surface area contributed by atoms with Gasteiger partial charge in [-0.3, -0.25) is 9.58 Å². The third-order valence-electron chi connectivity index (χ3n) is 6.73. The van der Waals surface area contributed by atoms with Crippen LogP contribution in [0.4, 0.5) is 5.69 Å². The van der Waals surface area contributed by atoms with Crippen LogP contribution in [-0.4, -0.2) is 72.1 Å². The lowest BCUT2D eigenvalue weighted by molar-refractivity contribution is -0.0245. The molecule has 0 spiro atoms. The number of hydrogen-bond donors (Lipinski definition) is 2. The van der Waals surface area contributed by atoms with E-state index in [-0.39, 0.29) is 6.10 Å². The molecular formula is C20H25N7O. The van der Waals surface area contributed by atoms with Crippen LogP contribution in [-0.2, 0) is 7.05 Å². The predicted octanol–water partition coefficient (Wildman–Crippen LogP) is 1.53. The maximum absolute atomic E-state index is 9.73. The molecular weight excluding hydrogens is 354 g/mol. The van der Waals surface area contributed by atoms with E-state index in [9.17, 15) is 5.11 Å². The fourth-order valence-corrected chi connectivity index (χ4v) is 5.36. The van der Waals surface area contributed by atoms with Crippen molar-refractivity contribution in [3.8, 4) is 11.4 Å². The average Bonchev–Trinajstić information content (AvgIpc) is 3.34. The van der Waals surface area contributed by atoms with E-state index in [1.165, 1.54) is 18.5 Å². The normalized spacial score (nSPS) is 30.1. The molecule has 3 aromatic rings. The Hall–Kier alpha value is -2.45. The standard InChI is InChI=1S/C20H25N7O/c1-25-9-12(8-22-25)19-23-18-17(4-5-21-20(18)24-19)26-10-13-2-3-14(11-26)27(13)15-6-16(28)7-15/h4-5,8-9,13-16,28H,2-3,6-7,10-11H2,1H3,(H,21,23,24)/t13?,14?,15-,16-. The molecule has 0 amide bonds. The summed E-state index contributed by atoms with van der Waals surface area (Å²) < 4.78 is 1.78. The molecule has 5 heterocycles. The zero-order valence-corrected chi connectivity index (χ0v) is 16.0. The number of aliphatic hydroxyl groups is 1. The summed E-state index contributed by atoms with van der Waals surface area (Å²) in [6.07, 6.45) is 9.97. The number of hydrogen-bond acceptors (Lipinski definition) is 6. The summed E-state index contributed by atoms with van der Waals surface area (Å²) in [6.45, 7) is 2.05. The number of aryl methyl sites for hydroxylation is 1. The first-order chi connectivity index (χ1) is 13.7. The number of imidazole rings is 1. The number of fused-ring (bicyclic) bond motifs is 3. The van der Waals surface area contributed by atoms with Gasteiger partial charge in [0.1, 0.15) is 11.3 Å². The molecule has 1 saturated carbocycles. The van der Waals surface area contributed by atoms with Crippen molar-refractivity contribution in [3.63, 3.8) is 0 Å². The second-order valence-electron chi connectivity index (χ2n) is 8.53. The van der Waals surface area contributed by atoms with Crippen molar-refractivity contribution in [2.75, 3.05) is 18.0 Å². The number of nitrogens with one attached hydrogen (secondary N) is 1. The molecule has 0 radical (unpaired) electrons. The molecule has 3 aromatic heterocycles. The largest absolute Gasteiger partial charge is 0.393 e. The third kappa shape index (κ3) is 2.48. The number of nitrogens with zero attached hydrogens (tertiary/aromatic N) is 6. The lowest BCUT2D eigenvalue weighted by Gasteiger charge is -2.50. The van der Waals surface area contributed by atoms with Crippen LogP contribution in [0.15, 0.2) is 24.7 Å². The van der Waals surface area contributed by atoms with E-state index in [4.69, 9.17) is 4.98 Å². The fourth-order valence-electron chi connectivity index (χ4n) is 5.36. The predicted molar refractivity (Wildman–Crippen MR) is 106 cm³/mol. The molecule has 0 aromatic carbocycles. The van der Waals surface area contributed by atoms with Crippen LogP contribution in [0.25, 0.3) is 22.6 Å². The zero-order valence-electron chi connectivity index (χ0n) is 16.0. The molecule has 146 valence electrons. The Bertz CT molecular complexity index is 1010. The average molecular weight is 379 g/mol. The second kappa shape index (κ2) is 6.02. The van der Waals surface area contributed by atoms with Crippen LogP contribution in [0.2, 0.25) is 0 Å². The van der Waals surface area contributed by atoms with Crippen LogP contribution in [0, 0.1) is 0 Å². The summed E-state index contributed by atoms with van der Waals surface area (Å²) in [5, 5.41) is 14.0. The lowest BCUT2D eigenvalue weighted by atomic mass is 9.86. The molecule has 3 fully saturated rings. The number of rotatable bonds is 3. The molecule has 2 aliphatic heterocycles. The molecule has 2 unspecified atom stereocenters. The van der Waals surface area contributed by atoms with Gasteiger partial charge in [-0.05, 0) is 31.7 Å². The van der Waals surface area contributed by atoms with Gasteiger partial charge in [0, 0.05) is 50.7 Å². The van der Waals surface area contributed by atoms with Crippen LogP contribution >= 0.6 is 0 Å². The molecule has 3 aliphatic rings. The number of anilines is 1. The van der Waals surface area contributed by atoms with Crippen molar-refractivity contribution < 1.29 is 5.11 Å². The van der Waals surface area contributed by atoms with E-state index in [1.54, 1.807) is 4.68 Å². The molecule has 6 rings (SSSR count). The van der Waals surface area contributed by atoms with Gasteiger partial charge in [0.05, 0.1) is 23.6 Å². The molecule has 2 atom stereocenters. The summed E-state index contributed by atoms with van der Waals surface area (Å²) in [4.78, 5) is 17.9. The highest BCUT2D eigenvalue weighted by Crippen LogP contribution is 2.40. The number of pyridine rings is 1. The highest BCUT2D eigenvalue weighted by atomic mass is 16.3. The molecule has 2 bridgehead atoms. The minimum absolute atomic E-state index is 0.0859. The topological polar surface area (TPSA) is 86.1 Å². The van der Waals surface area contributed by atoms with E-state index in [2.05, 4.69) is 30.9 Å². The van der Waals surface area contributed by atoms with Crippen LogP contribution in [0.3, 0.4) is 0 Å². The highest BCUT2D eigenvalue weighted by Gasteiger charge is 2.46. The SMILES string of the molecule is Cn1cc(-c2nc3c(N4CC5CCC(C4)N5[C@H]4C[C@H](O)C4)ccnc3[nH]2)cn1. The van der Waals surface area contributed by atoms with Gasteiger partial charge in [-0.2, -0.15) is 5.10 Å². The second-order valence-corrected chi connectivity index (χ2v) is 8.53. The molecule has 8 heteroatoms. The molecule has 2 saturated heterocycles. The van der Waals surface area contributed by atoms with E-state index in [0.29, 0.717) is 18.1 Å². The number of aromatic nitrogens is 5. The number of H-pyrrole nitrogens is 1. The fraction of sp³-hybridized carbons (Fsp3) is 0.550. The first-order valence-electron chi connectivity index (χ1n) is 10.2. The minimum atomic E-state index is -0.0859. The van der Waals surface area contributed by atoms with Crippen LogP contribution in [0.5, 0.6) is 0 Å². The van der Waals surface area contributed by atoms with Crippen molar-refractivity contribution in [2.45, 2.75) is 49.9 Å². The number of piperazine rings is 1. The maximum Gasteiger partial charge on any atom is 0.159 e. The van der Waals surface area contributed by atoms with Crippen LogP contribution in [0.1, 0.15) is 25.7 Å². The van der Waals surface area contributed by atoms with Gasteiger partial charge >= 0.3 is 0 Å². The summed E-state index contributed by atoms with van der Waals surface area (Å²) in [7, 11) is 1.91. The summed E-state index contributed by atoms with van der Waals surface area (Å²) >= 11 is 0. The molecule has 2 N–H and O–H groups in total. The van der Waals surface area contributed by atoms with Crippen LogP contribution < -0.4 is 4.90 Å². The van der Waals surface area contributed by atoms with Crippen molar-refractivity contribution in [1.29, 1.82) is 0 Å². The van der Waals surface area contributed by atoms with E-state index < -0.39 is 0 Å². The summed E-state index contributed by atoms with van der Waals surface area (Å²) in [6, 6.07) is 3.83. The monoisotopic (exact) mass is 379 g/mol. The van der Waals surface area contributed by atoms with E-state index in [0.717, 1.165) is 48.5 Å². The molecule has 1 aliphatic carbocycles. The first-order valence-corrected chi connectivity index (χ1v) is 10.2. The van der Waals surface area contributed by atoms with Gasteiger partial charge in [0.15, 0.2) is 5.65 Å². The van der Waals surface area contributed by atoms with Crippen molar-refractivity contribution in [3.05, 3.63) is 24.7 Å². The van der Waals surface area contributed by atoms with Gasteiger partial charge in [-0.25, -0.2) is 9.97 Å². The van der Waals surface area contributed by atoms with Crippen molar-refractivity contribution >= 4 is 16.9 Å². The van der Waals surface area contributed by atoms with Gasteiger partial charge in [-0.15, -0.1) is 0 Å². The minimum Gasteiger partial charge on any atom is -0.393 e. The van der Waals surface area contributed by atoms with Gasteiger partial charge < -0.3 is 15.0 Å². The van der Waals surface area contributed by atoms with Gasteiger partial charge in [-0.1, -0.05) is 0 Å². The lowest BCUT2D eigenvalue weighted by Crippen LogP contribution is -2.60. The Kier molecular flexibility index (Phi) is 3.55. The third-order valence-corrected chi connectivity index (χ3v) is 6.73. The Morgan fingerprint density at radius 3 is 2.61 bits per heavy atom. The quantitative estimate of drug-likeness (QED) is 0.718. The smallest absolute Gasteiger partial charge is 0.159 e. The Balaban J connectivity index is 1.31. The van der Waals surface area contributed by atoms with Gasteiger partial charge in [0.2, 0.25) is 0 Å². The maximum atomic E-state index is 9.73. The Labute approximate surface area is 163 Å². The zero-order chi connectivity index (χ0) is 18.8. The number of aliphatic hydroxyl groups excluding tert-OH is 1. The van der Waals surface area contributed by atoms with Crippen molar-refractivity contribution in [1.82, 2.24) is 29.6 Å². The molecule has 8 nitrogen and oxygen atoms in total. The van der Waals surface area contributed by atoms with E-state index in [1.807, 2.05) is 25.6 Å². The first kappa shape index (κ1) is 16.5. The van der Waals surface area contributed by atoms with E-state index >= 15 is 0 Å². The molecule has 28 heavy (non-hydrogen) atoms. The Morgan fingerprint density at radius 2 is 1.93 bits per heavy atom.